The third-order valence-electron chi connectivity index (χ3n) is 4.64. The Morgan fingerprint density at radius 3 is 2.23 bits per heavy atom. The molecule has 2 aromatic heterocycles. The van der Waals surface area contributed by atoms with Crippen LogP contribution in [0.25, 0.3) is 0 Å². The zero-order chi connectivity index (χ0) is 18.9. The molecule has 0 unspecified atom stereocenters. The molecule has 0 saturated carbocycles. The number of nitrogens with zero attached hydrogens (tertiary/aromatic N) is 4. The lowest BCUT2D eigenvalue weighted by Crippen LogP contribution is -2.20. The molecule has 4 nitrogen and oxygen atoms in total. The fraction of sp³-hybridized carbons (Fsp3) is 0.455. The van der Waals surface area contributed by atoms with E-state index in [-0.39, 0.29) is 10.8 Å². The molecular weight excluding hydrogens is 320 g/mol. The van der Waals surface area contributed by atoms with Crippen molar-refractivity contribution < 1.29 is 0 Å². The average Bonchev–Trinajstić information content (AvgIpc) is 3.20. The molecule has 0 atom stereocenters. The minimum atomic E-state index is 0.161. The van der Waals surface area contributed by atoms with E-state index in [2.05, 4.69) is 67.6 Å². The quantitative estimate of drug-likeness (QED) is 0.640. The van der Waals surface area contributed by atoms with Crippen molar-refractivity contribution in [3.63, 3.8) is 0 Å². The third kappa shape index (κ3) is 3.90. The highest BCUT2D eigenvalue weighted by atomic mass is 14.9. The van der Waals surface area contributed by atoms with E-state index >= 15 is 0 Å². The maximum atomic E-state index is 4.58. The Balaban J connectivity index is 0.000000151. The van der Waals surface area contributed by atoms with Crippen LogP contribution in [-0.2, 0) is 18.3 Å². The molecule has 0 saturated heterocycles. The van der Waals surface area contributed by atoms with Crippen molar-refractivity contribution in [2.75, 3.05) is 0 Å². The van der Waals surface area contributed by atoms with Gasteiger partial charge in [0.25, 0.3) is 0 Å². The predicted molar refractivity (Wildman–Crippen MR) is 109 cm³/mol. The monoisotopic (exact) mass is 348 g/mol. The van der Waals surface area contributed by atoms with E-state index in [1.54, 1.807) is 0 Å². The number of hydrogen-bond donors (Lipinski definition) is 0. The van der Waals surface area contributed by atoms with E-state index in [1.807, 2.05) is 30.7 Å². The zero-order valence-electron chi connectivity index (χ0n) is 16.7. The Bertz CT molecular complexity index is 864. The first kappa shape index (κ1) is 18.4. The summed E-state index contributed by atoms with van der Waals surface area (Å²) in [6, 6.07) is 6.04. The summed E-state index contributed by atoms with van der Waals surface area (Å²) in [5.74, 6) is 0. The number of rotatable bonds is 0. The van der Waals surface area contributed by atoms with Crippen LogP contribution in [0.2, 0.25) is 0 Å². The highest BCUT2D eigenvalue weighted by Crippen LogP contribution is 2.35. The van der Waals surface area contributed by atoms with Crippen molar-refractivity contribution in [1.29, 1.82) is 0 Å². The van der Waals surface area contributed by atoms with Gasteiger partial charge in [-0.1, -0.05) is 41.5 Å². The summed E-state index contributed by atoms with van der Waals surface area (Å²) in [5.41, 5.74) is 7.24. The third-order valence-corrected chi connectivity index (χ3v) is 4.64. The highest BCUT2D eigenvalue weighted by molar-refractivity contribution is 5.96. The molecule has 4 heterocycles. The Kier molecular flexibility index (Phi) is 4.78. The fourth-order valence-electron chi connectivity index (χ4n) is 3.06. The van der Waals surface area contributed by atoms with E-state index in [0.29, 0.717) is 0 Å². The second kappa shape index (κ2) is 6.75. The van der Waals surface area contributed by atoms with Gasteiger partial charge in [0, 0.05) is 42.6 Å². The summed E-state index contributed by atoms with van der Waals surface area (Å²) in [7, 11) is 0. The van der Waals surface area contributed by atoms with Gasteiger partial charge in [-0.3, -0.25) is 20.0 Å². The normalized spacial score (nSPS) is 15.1. The van der Waals surface area contributed by atoms with Crippen molar-refractivity contribution in [3.05, 3.63) is 47.5 Å². The van der Waals surface area contributed by atoms with E-state index in [1.165, 1.54) is 11.3 Å². The maximum absolute atomic E-state index is 4.58. The second-order valence-corrected chi connectivity index (χ2v) is 8.87. The van der Waals surface area contributed by atoms with Gasteiger partial charge in [-0.25, -0.2) is 0 Å². The molecule has 0 aliphatic carbocycles. The van der Waals surface area contributed by atoms with E-state index in [0.717, 1.165) is 35.6 Å². The SMILES string of the molecule is CC(C)(C)C1=Nc2cccnc2C1.CC(C)(C)c1ccnc2c1N=CC2. The molecular formula is C22H28N4. The van der Waals surface area contributed by atoms with Gasteiger partial charge in [0.05, 0.1) is 22.8 Å². The first-order valence-corrected chi connectivity index (χ1v) is 9.19. The zero-order valence-corrected chi connectivity index (χ0v) is 16.7. The second-order valence-electron chi connectivity index (χ2n) is 8.87. The van der Waals surface area contributed by atoms with Crippen LogP contribution in [0.15, 0.2) is 40.6 Å². The molecule has 26 heavy (non-hydrogen) atoms. The minimum Gasteiger partial charge on any atom is -0.259 e. The Labute approximate surface area is 156 Å². The lowest BCUT2D eigenvalue weighted by Gasteiger charge is -2.20. The number of aliphatic imine (C=N–C) groups is 2. The van der Waals surface area contributed by atoms with Crippen molar-refractivity contribution >= 4 is 23.3 Å². The highest BCUT2D eigenvalue weighted by Gasteiger charge is 2.25. The molecule has 0 N–H and O–H groups in total. The molecule has 0 bridgehead atoms. The van der Waals surface area contributed by atoms with Gasteiger partial charge in [0.1, 0.15) is 0 Å². The van der Waals surface area contributed by atoms with Crippen molar-refractivity contribution in [3.8, 4) is 0 Å². The van der Waals surface area contributed by atoms with Crippen molar-refractivity contribution in [2.45, 2.75) is 59.8 Å². The summed E-state index contributed by atoms with van der Waals surface area (Å²) < 4.78 is 0. The van der Waals surface area contributed by atoms with E-state index in [9.17, 15) is 0 Å². The summed E-state index contributed by atoms with van der Waals surface area (Å²) in [6.45, 7) is 13.2. The minimum absolute atomic E-state index is 0.161. The van der Waals surface area contributed by atoms with Gasteiger partial charge in [0.15, 0.2) is 0 Å². The molecule has 2 aromatic rings. The number of hydrogen-bond acceptors (Lipinski definition) is 4. The number of pyridine rings is 2. The molecule has 0 aromatic carbocycles. The fourth-order valence-corrected chi connectivity index (χ4v) is 3.06. The summed E-state index contributed by atoms with van der Waals surface area (Å²) in [5, 5.41) is 0. The molecule has 2 aliphatic rings. The first-order chi connectivity index (χ1) is 12.2. The van der Waals surface area contributed by atoms with Gasteiger partial charge in [-0.05, 0) is 29.2 Å². The standard InChI is InChI=1S/2C11H14N2/c1-11(2,3)8-4-6-12-9-5-7-13-10(8)9;1-11(2,3)10-7-9-8(13-10)5-4-6-12-9/h4,6-7H,5H2,1-3H3;4-6H,7H2,1-3H3. The van der Waals surface area contributed by atoms with Gasteiger partial charge < -0.3 is 0 Å². The van der Waals surface area contributed by atoms with Gasteiger partial charge in [0.2, 0.25) is 0 Å². The lowest BCUT2D eigenvalue weighted by atomic mass is 9.86. The molecule has 2 aliphatic heterocycles. The van der Waals surface area contributed by atoms with Gasteiger partial charge in [-0.2, -0.15) is 0 Å². The molecule has 4 rings (SSSR count). The van der Waals surface area contributed by atoms with E-state index < -0.39 is 0 Å². The first-order valence-electron chi connectivity index (χ1n) is 9.19. The van der Waals surface area contributed by atoms with Crippen LogP contribution < -0.4 is 0 Å². The summed E-state index contributed by atoms with van der Waals surface area (Å²) in [6.07, 6.45) is 7.46. The van der Waals surface area contributed by atoms with Gasteiger partial charge in [-0.15, -0.1) is 0 Å². The van der Waals surface area contributed by atoms with Crippen LogP contribution in [0.4, 0.5) is 11.4 Å². The molecule has 4 heteroatoms. The van der Waals surface area contributed by atoms with Crippen LogP contribution >= 0.6 is 0 Å². The van der Waals surface area contributed by atoms with Crippen LogP contribution in [0.3, 0.4) is 0 Å². The smallest absolute Gasteiger partial charge is 0.0882 e. The number of aromatic nitrogens is 2. The number of fused-ring (bicyclic) bond motifs is 2. The lowest BCUT2D eigenvalue weighted by molar-refractivity contribution is 0.584. The van der Waals surface area contributed by atoms with E-state index in [4.69, 9.17) is 0 Å². The van der Waals surface area contributed by atoms with Gasteiger partial charge >= 0.3 is 0 Å². The topological polar surface area (TPSA) is 50.5 Å². The van der Waals surface area contributed by atoms with Crippen LogP contribution in [0, 0.1) is 5.41 Å². The van der Waals surface area contributed by atoms with Crippen LogP contribution in [-0.4, -0.2) is 21.9 Å². The molecule has 0 spiro atoms. The van der Waals surface area contributed by atoms with Crippen molar-refractivity contribution in [1.82, 2.24) is 9.97 Å². The molecule has 0 fully saturated rings. The summed E-state index contributed by atoms with van der Waals surface area (Å²) >= 11 is 0. The Morgan fingerprint density at radius 2 is 1.58 bits per heavy atom. The Morgan fingerprint density at radius 1 is 0.846 bits per heavy atom. The predicted octanol–water partition coefficient (Wildman–Crippen LogP) is 5.39. The maximum Gasteiger partial charge on any atom is 0.0882 e. The molecule has 136 valence electrons. The van der Waals surface area contributed by atoms with Crippen LogP contribution in [0.5, 0.6) is 0 Å². The Hall–Kier alpha value is -2.36. The summed E-state index contributed by atoms with van der Waals surface area (Å²) in [4.78, 5) is 17.6. The van der Waals surface area contributed by atoms with Crippen molar-refractivity contribution in [2.24, 2.45) is 15.4 Å². The average molecular weight is 348 g/mol. The largest absolute Gasteiger partial charge is 0.259 e. The molecule has 0 amide bonds. The molecule has 0 radical (unpaired) electrons. The van der Waals surface area contributed by atoms with Crippen LogP contribution in [0.1, 0.15) is 58.5 Å².